The quantitative estimate of drug-likeness (QED) is 0.815. The van der Waals surface area contributed by atoms with Crippen LogP contribution in [0.2, 0.25) is 0 Å². The largest absolute Gasteiger partial charge is 0.330 e. The maximum Gasteiger partial charge on any atom is 0.137 e. The maximum absolute atomic E-state index is 12.0. The van der Waals surface area contributed by atoms with Gasteiger partial charge in [-0.2, -0.15) is 0 Å². The lowest BCUT2D eigenvalue weighted by Crippen LogP contribution is -2.18. The molecule has 0 saturated carbocycles. The van der Waals surface area contributed by atoms with Gasteiger partial charge in [-0.1, -0.05) is 32.0 Å². The second-order valence-corrected chi connectivity index (χ2v) is 6.34. The summed E-state index contributed by atoms with van der Waals surface area (Å²) in [5.74, 6) is 0.327. The molecule has 2 N–H and O–H groups in total. The number of nitrogens with two attached hydrogens (primary N) is 1. The number of Topliss-reactive ketones (excluding diaryl/α,β-unsaturated/α-hetero) is 1. The van der Waals surface area contributed by atoms with Gasteiger partial charge in [-0.15, -0.1) is 0 Å². The molecule has 0 heterocycles. The summed E-state index contributed by atoms with van der Waals surface area (Å²) >= 11 is 0. The van der Waals surface area contributed by atoms with E-state index in [1.807, 2.05) is 0 Å². The van der Waals surface area contributed by atoms with Crippen LogP contribution in [-0.4, -0.2) is 12.3 Å². The Hall–Kier alpha value is -1.15. The van der Waals surface area contributed by atoms with Crippen molar-refractivity contribution in [3.8, 4) is 0 Å². The lowest BCUT2D eigenvalue weighted by molar-refractivity contribution is -0.119. The van der Waals surface area contributed by atoms with Gasteiger partial charge in [0.2, 0.25) is 0 Å². The number of rotatable bonds is 7. The van der Waals surface area contributed by atoms with Gasteiger partial charge in [0.15, 0.2) is 0 Å². The molecule has 0 aliphatic carbocycles. The molecule has 1 aromatic rings. The van der Waals surface area contributed by atoms with E-state index in [1.54, 1.807) is 0 Å². The Labute approximate surface area is 117 Å². The predicted octanol–water partition coefficient (Wildman–Crippen LogP) is 3.57. The van der Waals surface area contributed by atoms with Gasteiger partial charge in [0, 0.05) is 12.8 Å². The van der Waals surface area contributed by atoms with E-state index in [9.17, 15) is 4.79 Å². The topological polar surface area (TPSA) is 43.1 Å². The minimum Gasteiger partial charge on any atom is -0.330 e. The van der Waals surface area contributed by atoms with E-state index >= 15 is 0 Å². The first-order valence-electron chi connectivity index (χ1n) is 7.12. The predicted molar refractivity (Wildman–Crippen MR) is 81.3 cm³/mol. The summed E-state index contributed by atoms with van der Waals surface area (Å²) in [5.41, 5.74) is 9.43. The molecule has 2 nitrogen and oxygen atoms in total. The lowest BCUT2D eigenvalue weighted by atomic mass is 9.83. The summed E-state index contributed by atoms with van der Waals surface area (Å²) in [6.07, 6.45) is 3.11. The second-order valence-electron chi connectivity index (χ2n) is 6.34. The Morgan fingerprint density at radius 1 is 1.16 bits per heavy atom. The van der Waals surface area contributed by atoms with Crippen LogP contribution in [0.4, 0.5) is 0 Å². The molecule has 0 amide bonds. The van der Waals surface area contributed by atoms with Crippen LogP contribution in [0.25, 0.3) is 0 Å². The van der Waals surface area contributed by atoms with E-state index in [2.05, 4.69) is 45.9 Å². The van der Waals surface area contributed by atoms with Crippen molar-refractivity contribution in [3.63, 3.8) is 0 Å². The molecular weight excluding hydrogens is 234 g/mol. The molecule has 0 radical (unpaired) electrons. The molecule has 0 aliphatic heterocycles. The van der Waals surface area contributed by atoms with Gasteiger partial charge in [0.05, 0.1) is 0 Å². The third-order valence-corrected chi connectivity index (χ3v) is 3.87. The molecule has 2 heteroatoms. The molecule has 0 fully saturated rings. The summed E-state index contributed by atoms with van der Waals surface area (Å²) < 4.78 is 0. The van der Waals surface area contributed by atoms with Gasteiger partial charge in [0.1, 0.15) is 5.78 Å². The molecule has 0 bridgehead atoms. The van der Waals surface area contributed by atoms with Crippen LogP contribution < -0.4 is 5.73 Å². The molecule has 1 aromatic carbocycles. The SMILES string of the molecule is Cc1ccc(CC(=O)CCC(C)(C)CCN)cc1C. The molecule has 0 saturated heterocycles. The number of aryl methyl sites for hydroxylation is 2. The Kier molecular flexibility index (Phi) is 5.74. The van der Waals surface area contributed by atoms with Crippen LogP contribution in [0, 0.1) is 19.3 Å². The number of hydrogen-bond donors (Lipinski definition) is 1. The fourth-order valence-corrected chi connectivity index (χ4v) is 2.22. The summed E-state index contributed by atoms with van der Waals surface area (Å²) in [6, 6.07) is 6.28. The average Bonchev–Trinajstić information content (AvgIpc) is 2.32. The van der Waals surface area contributed by atoms with Gasteiger partial charge in [-0.25, -0.2) is 0 Å². The van der Waals surface area contributed by atoms with Gasteiger partial charge in [0.25, 0.3) is 0 Å². The molecule has 0 aromatic heterocycles. The van der Waals surface area contributed by atoms with E-state index in [1.165, 1.54) is 11.1 Å². The normalized spacial score (nSPS) is 11.6. The van der Waals surface area contributed by atoms with Crippen molar-refractivity contribution in [2.24, 2.45) is 11.1 Å². The van der Waals surface area contributed by atoms with E-state index in [0.717, 1.165) is 18.4 Å². The highest BCUT2D eigenvalue weighted by Gasteiger charge is 2.18. The van der Waals surface area contributed by atoms with Crippen molar-refractivity contribution < 1.29 is 4.79 Å². The molecule has 0 aliphatic rings. The minimum absolute atomic E-state index is 0.174. The second kappa shape index (κ2) is 6.85. The first kappa shape index (κ1) is 15.9. The monoisotopic (exact) mass is 261 g/mol. The molecule has 19 heavy (non-hydrogen) atoms. The van der Waals surface area contributed by atoms with Crippen LogP contribution in [0.5, 0.6) is 0 Å². The highest BCUT2D eigenvalue weighted by atomic mass is 16.1. The Morgan fingerprint density at radius 2 is 1.84 bits per heavy atom. The first-order chi connectivity index (χ1) is 8.84. The zero-order chi connectivity index (χ0) is 14.5. The van der Waals surface area contributed by atoms with E-state index in [-0.39, 0.29) is 5.41 Å². The fourth-order valence-electron chi connectivity index (χ4n) is 2.22. The van der Waals surface area contributed by atoms with Gasteiger partial charge in [-0.3, -0.25) is 4.79 Å². The zero-order valence-electron chi connectivity index (χ0n) is 12.8. The summed E-state index contributed by atoms with van der Waals surface area (Å²) in [4.78, 5) is 12.0. The van der Waals surface area contributed by atoms with E-state index < -0.39 is 0 Å². The molecule has 106 valence electrons. The van der Waals surface area contributed by atoms with Gasteiger partial charge < -0.3 is 5.73 Å². The van der Waals surface area contributed by atoms with Gasteiger partial charge >= 0.3 is 0 Å². The molecular formula is C17H27NO. The van der Waals surface area contributed by atoms with Crippen molar-refractivity contribution in [1.82, 2.24) is 0 Å². The zero-order valence-corrected chi connectivity index (χ0v) is 12.8. The minimum atomic E-state index is 0.174. The third-order valence-electron chi connectivity index (χ3n) is 3.87. The fraction of sp³-hybridized carbons (Fsp3) is 0.588. The number of benzene rings is 1. The van der Waals surface area contributed by atoms with Crippen LogP contribution in [0.15, 0.2) is 18.2 Å². The number of carbonyl (C=O) groups is 1. The van der Waals surface area contributed by atoms with Crippen LogP contribution in [0.3, 0.4) is 0 Å². The number of ketones is 1. The lowest BCUT2D eigenvalue weighted by Gasteiger charge is -2.23. The highest BCUT2D eigenvalue weighted by molar-refractivity contribution is 5.80. The first-order valence-corrected chi connectivity index (χ1v) is 7.12. The summed E-state index contributed by atoms with van der Waals surface area (Å²) in [7, 11) is 0. The molecule has 1 rings (SSSR count). The van der Waals surface area contributed by atoms with Crippen molar-refractivity contribution in [2.45, 2.75) is 53.4 Å². The van der Waals surface area contributed by atoms with Crippen molar-refractivity contribution in [3.05, 3.63) is 34.9 Å². The third kappa shape index (κ3) is 5.56. The number of hydrogen-bond acceptors (Lipinski definition) is 2. The Bertz CT molecular complexity index is 435. The Balaban J connectivity index is 2.49. The van der Waals surface area contributed by atoms with Crippen molar-refractivity contribution in [2.75, 3.05) is 6.54 Å². The van der Waals surface area contributed by atoms with Crippen LogP contribution in [-0.2, 0) is 11.2 Å². The van der Waals surface area contributed by atoms with Crippen LogP contribution >= 0.6 is 0 Å². The highest BCUT2D eigenvalue weighted by Crippen LogP contribution is 2.26. The van der Waals surface area contributed by atoms with Gasteiger partial charge in [-0.05, 0) is 55.3 Å². The Morgan fingerprint density at radius 3 is 2.42 bits per heavy atom. The summed E-state index contributed by atoms with van der Waals surface area (Å²) in [5, 5.41) is 0. The standard InChI is InChI=1S/C17H27NO/c1-13-5-6-15(11-14(13)2)12-16(19)7-8-17(3,4)9-10-18/h5-6,11H,7-10,12,18H2,1-4H3. The molecule has 0 atom stereocenters. The smallest absolute Gasteiger partial charge is 0.137 e. The molecule has 0 spiro atoms. The number of carbonyl (C=O) groups excluding carboxylic acids is 1. The van der Waals surface area contributed by atoms with Crippen molar-refractivity contribution >= 4 is 5.78 Å². The summed E-state index contributed by atoms with van der Waals surface area (Å²) in [6.45, 7) is 9.24. The average molecular weight is 261 g/mol. The van der Waals surface area contributed by atoms with Crippen LogP contribution in [0.1, 0.15) is 49.8 Å². The molecule has 0 unspecified atom stereocenters. The van der Waals surface area contributed by atoms with E-state index in [0.29, 0.717) is 25.2 Å². The maximum atomic E-state index is 12.0. The van der Waals surface area contributed by atoms with Crippen molar-refractivity contribution in [1.29, 1.82) is 0 Å². The van der Waals surface area contributed by atoms with E-state index in [4.69, 9.17) is 5.73 Å².